The number of carbonyl (C=O) groups is 1. The number of methoxy groups -OCH3 is 2. The van der Waals surface area contributed by atoms with Gasteiger partial charge in [-0.3, -0.25) is 4.79 Å². The van der Waals surface area contributed by atoms with Crippen molar-refractivity contribution in [2.75, 3.05) is 33.9 Å². The third-order valence-electron chi connectivity index (χ3n) is 4.90. The van der Waals surface area contributed by atoms with Gasteiger partial charge in [0, 0.05) is 24.6 Å². The maximum Gasteiger partial charge on any atom is 0.220 e. The molecule has 7 heteroatoms. The van der Waals surface area contributed by atoms with Gasteiger partial charge in [0.1, 0.15) is 23.9 Å². The number of carbonyl (C=O) groups excluding carboxylic acids is 1. The average molecular weight is 387 g/mol. The number of nitrogens with one attached hydrogen (secondary N) is 1. The van der Waals surface area contributed by atoms with E-state index in [0.717, 1.165) is 12.8 Å². The summed E-state index contributed by atoms with van der Waals surface area (Å²) < 4.78 is 16.1. The lowest BCUT2D eigenvalue weighted by molar-refractivity contribution is -0.124. The SMILES string of the molecule is COc1cc(OC)cc(OCCNC(=O)CC2(CN)CCCCC2)c1.Cl. The van der Waals surface area contributed by atoms with Gasteiger partial charge in [0.15, 0.2) is 0 Å². The molecule has 1 aliphatic carbocycles. The minimum absolute atomic E-state index is 0. The predicted molar refractivity (Wildman–Crippen MR) is 104 cm³/mol. The molecule has 0 atom stereocenters. The van der Waals surface area contributed by atoms with Gasteiger partial charge >= 0.3 is 0 Å². The first-order valence-electron chi connectivity index (χ1n) is 8.93. The summed E-state index contributed by atoms with van der Waals surface area (Å²) in [7, 11) is 3.19. The van der Waals surface area contributed by atoms with Crippen LogP contribution in [0.1, 0.15) is 38.5 Å². The number of benzene rings is 1. The highest BCUT2D eigenvalue weighted by atomic mass is 35.5. The van der Waals surface area contributed by atoms with Crippen LogP contribution in [0.3, 0.4) is 0 Å². The topological polar surface area (TPSA) is 82.8 Å². The van der Waals surface area contributed by atoms with Crippen molar-refractivity contribution >= 4 is 18.3 Å². The standard InChI is InChI=1S/C19H30N2O4.ClH/c1-23-15-10-16(24-2)12-17(11-15)25-9-8-21-18(22)13-19(14-20)6-4-3-5-7-19;/h10-12H,3-9,13-14,20H2,1-2H3,(H,21,22);1H. The van der Waals surface area contributed by atoms with E-state index >= 15 is 0 Å². The molecule has 2 rings (SSSR count). The van der Waals surface area contributed by atoms with Crippen molar-refractivity contribution in [1.29, 1.82) is 0 Å². The van der Waals surface area contributed by atoms with Crippen LogP contribution in [0.2, 0.25) is 0 Å². The summed E-state index contributed by atoms with van der Waals surface area (Å²) in [6.07, 6.45) is 6.21. The first-order chi connectivity index (χ1) is 12.1. The van der Waals surface area contributed by atoms with E-state index in [9.17, 15) is 4.79 Å². The predicted octanol–water partition coefficient (Wildman–Crippen LogP) is 2.92. The lowest BCUT2D eigenvalue weighted by Crippen LogP contribution is -2.39. The van der Waals surface area contributed by atoms with Crippen molar-refractivity contribution < 1.29 is 19.0 Å². The highest BCUT2D eigenvalue weighted by Crippen LogP contribution is 2.38. The van der Waals surface area contributed by atoms with Gasteiger partial charge in [0.25, 0.3) is 0 Å². The van der Waals surface area contributed by atoms with Gasteiger partial charge in [0.05, 0.1) is 20.8 Å². The highest BCUT2D eigenvalue weighted by molar-refractivity contribution is 5.85. The molecule has 0 radical (unpaired) electrons. The Morgan fingerprint density at radius 1 is 1.08 bits per heavy atom. The summed E-state index contributed by atoms with van der Waals surface area (Å²) >= 11 is 0. The van der Waals surface area contributed by atoms with Gasteiger partial charge in [-0.15, -0.1) is 12.4 Å². The first-order valence-corrected chi connectivity index (χ1v) is 8.93. The number of amides is 1. The van der Waals surface area contributed by atoms with Crippen LogP contribution in [0.25, 0.3) is 0 Å². The average Bonchev–Trinajstić information content (AvgIpc) is 2.65. The lowest BCUT2D eigenvalue weighted by atomic mass is 9.72. The van der Waals surface area contributed by atoms with Crippen molar-refractivity contribution in [3.8, 4) is 17.2 Å². The quantitative estimate of drug-likeness (QED) is 0.637. The molecule has 0 bridgehead atoms. The van der Waals surface area contributed by atoms with Crippen LogP contribution in [0.5, 0.6) is 17.2 Å². The molecular formula is C19H31ClN2O4. The van der Waals surface area contributed by atoms with E-state index in [1.165, 1.54) is 19.3 Å². The van der Waals surface area contributed by atoms with E-state index in [0.29, 0.717) is 43.4 Å². The summed E-state index contributed by atoms with van der Waals surface area (Å²) in [5.74, 6) is 2.04. The molecule has 1 fully saturated rings. The molecule has 0 heterocycles. The fourth-order valence-corrected chi connectivity index (χ4v) is 3.38. The maximum atomic E-state index is 12.2. The van der Waals surface area contributed by atoms with Gasteiger partial charge in [-0.25, -0.2) is 0 Å². The Labute approximate surface area is 162 Å². The minimum atomic E-state index is -0.0106. The number of rotatable bonds is 9. The second kappa shape index (κ2) is 11.1. The summed E-state index contributed by atoms with van der Waals surface area (Å²) in [5.41, 5.74) is 5.93. The van der Waals surface area contributed by atoms with Crippen LogP contribution in [0.15, 0.2) is 18.2 Å². The summed E-state index contributed by atoms with van der Waals surface area (Å²) in [5, 5.41) is 2.93. The number of halogens is 1. The molecule has 0 unspecified atom stereocenters. The zero-order valence-corrected chi connectivity index (χ0v) is 16.5. The van der Waals surface area contributed by atoms with Crippen LogP contribution in [0.4, 0.5) is 0 Å². The summed E-state index contributed by atoms with van der Waals surface area (Å²) in [6.45, 7) is 1.43. The Morgan fingerprint density at radius 2 is 1.65 bits per heavy atom. The molecule has 26 heavy (non-hydrogen) atoms. The van der Waals surface area contributed by atoms with Crippen molar-refractivity contribution in [2.24, 2.45) is 11.1 Å². The molecule has 3 N–H and O–H groups in total. The molecule has 1 aromatic carbocycles. The Bertz CT molecular complexity index is 540. The maximum absolute atomic E-state index is 12.2. The van der Waals surface area contributed by atoms with Crippen molar-refractivity contribution in [1.82, 2.24) is 5.32 Å². The Hall–Kier alpha value is -1.66. The minimum Gasteiger partial charge on any atom is -0.496 e. The van der Waals surface area contributed by atoms with E-state index in [2.05, 4.69) is 5.32 Å². The Kier molecular flexibility index (Phi) is 9.59. The summed E-state index contributed by atoms with van der Waals surface area (Å²) in [6, 6.07) is 5.36. The molecule has 0 spiro atoms. The Balaban J connectivity index is 0.00000338. The normalized spacial score (nSPS) is 15.5. The van der Waals surface area contributed by atoms with Crippen LogP contribution in [-0.2, 0) is 4.79 Å². The number of hydrogen-bond acceptors (Lipinski definition) is 5. The van der Waals surface area contributed by atoms with E-state index in [4.69, 9.17) is 19.9 Å². The highest BCUT2D eigenvalue weighted by Gasteiger charge is 2.32. The van der Waals surface area contributed by atoms with Gasteiger partial charge in [0.2, 0.25) is 5.91 Å². The molecule has 1 amide bonds. The van der Waals surface area contributed by atoms with Gasteiger partial charge in [-0.1, -0.05) is 19.3 Å². The van der Waals surface area contributed by atoms with E-state index in [-0.39, 0.29) is 23.7 Å². The van der Waals surface area contributed by atoms with Gasteiger partial charge < -0.3 is 25.3 Å². The molecule has 148 valence electrons. The van der Waals surface area contributed by atoms with Crippen LogP contribution >= 0.6 is 12.4 Å². The molecule has 1 saturated carbocycles. The van der Waals surface area contributed by atoms with E-state index in [1.54, 1.807) is 32.4 Å². The van der Waals surface area contributed by atoms with Crippen LogP contribution in [-0.4, -0.2) is 39.8 Å². The van der Waals surface area contributed by atoms with Crippen LogP contribution in [0, 0.1) is 5.41 Å². The number of hydrogen-bond donors (Lipinski definition) is 2. The largest absolute Gasteiger partial charge is 0.496 e. The van der Waals surface area contributed by atoms with Crippen molar-refractivity contribution in [3.63, 3.8) is 0 Å². The second-order valence-corrected chi connectivity index (χ2v) is 6.69. The monoisotopic (exact) mass is 386 g/mol. The van der Waals surface area contributed by atoms with Crippen LogP contribution < -0.4 is 25.3 Å². The fraction of sp³-hybridized carbons (Fsp3) is 0.632. The molecule has 0 aromatic heterocycles. The first kappa shape index (κ1) is 22.4. The fourth-order valence-electron chi connectivity index (χ4n) is 3.38. The zero-order valence-electron chi connectivity index (χ0n) is 15.7. The Morgan fingerprint density at radius 3 is 2.19 bits per heavy atom. The van der Waals surface area contributed by atoms with Gasteiger partial charge in [-0.05, 0) is 24.8 Å². The lowest BCUT2D eigenvalue weighted by Gasteiger charge is -2.35. The number of ether oxygens (including phenoxy) is 3. The molecule has 1 aliphatic rings. The summed E-state index contributed by atoms with van der Waals surface area (Å²) in [4.78, 5) is 12.2. The molecular weight excluding hydrogens is 356 g/mol. The third-order valence-corrected chi connectivity index (χ3v) is 4.90. The third kappa shape index (κ3) is 6.57. The van der Waals surface area contributed by atoms with E-state index in [1.807, 2.05) is 0 Å². The molecule has 1 aromatic rings. The van der Waals surface area contributed by atoms with Gasteiger partial charge in [-0.2, -0.15) is 0 Å². The molecule has 0 saturated heterocycles. The zero-order chi connectivity index (χ0) is 18.1. The molecule has 0 aliphatic heterocycles. The molecule has 6 nitrogen and oxygen atoms in total. The van der Waals surface area contributed by atoms with E-state index < -0.39 is 0 Å². The smallest absolute Gasteiger partial charge is 0.220 e. The second-order valence-electron chi connectivity index (χ2n) is 6.69. The number of nitrogens with two attached hydrogens (primary N) is 1. The van der Waals surface area contributed by atoms with Crippen molar-refractivity contribution in [2.45, 2.75) is 38.5 Å². The van der Waals surface area contributed by atoms with Crippen molar-refractivity contribution in [3.05, 3.63) is 18.2 Å².